The molecule has 3 N–H and O–H groups in total. The maximum atomic E-state index is 11.2. The second kappa shape index (κ2) is 6.44. The minimum atomic E-state index is -0.739. The minimum Gasteiger partial charge on any atom is -0.399 e. The number of benzene rings is 1. The molecular formula is C11H17IN2OS. The van der Waals surface area contributed by atoms with Gasteiger partial charge in [0.25, 0.3) is 0 Å². The summed E-state index contributed by atoms with van der Waals surface area (Å²) >= 11 is 2.25. The Balaban J connectivity index is 2.46. The highest BCUT2D eigenvalue weighted by Crippen LogP contribution is 2.20. The van der Waals surface area contributed by atoms with Crippen molar-refractivity contribution in [1.29, 1.82) is 0 Å². The highest BCUT2D eigenvalue weighted by molar-refractivity contribution is 14.1. The molecule has 1 aromatic carbocycles. The van der Waals surface area contributed by atoms with Crippen molar-refractivity contribution in [3.63, 3.8) is 0 Å². The van der Waals surface area contributed by atoms with Crippen LogP contribution in [0.5, 0.6) is 0 Å². The zero-order valence-electron chi connectivity index (χ0n) is 9.50. The lowest BCUT2D eigenvalue weighted by molar-refractivity contribution is 0.672. The van der Waals surface area contributed by atoms with Crippen LogP contribution >= 0.6 is 22.6 Å². The third-order valence-electron chi connectivity index (χ3n) is 2.43. The van der Waals surface area contributed by atoms with Crippen LogP contribution in [0.4, 0.5) is 11.4 Å². The van der Waals surface area contributed by atoms with Gasteiger partial charge in [0.15, 0.2) is 0 Å². The topological polar surface area (TPSA) is 55.1 Å². The minimum absolute atomic E-state index is 0.235. The predicted molar refractivity (Wildman–Crippen MR) is 80.2 cm³/mol. The van der Waals surface area contributed by atoms with Crippen molar-refractivity contribution in [2.45, 2.75) is 18.6 Å². The first-order valence-corrected chi connectivity index (χ1v) is 7.82. The smallest absolute Gasteiger partial charge is 0.0477 e. The van der Waals surface area contributed by atoms with Crippen LogP contribution in [-0.2, 0) is 10.8 Å². The SMILES string of the molecule is CC(CCNc1ccc(N)cc1I)S(C)=O. The van der Waals surface area contributed by atoms with Gasteiger partial charge in [0.05, 0.1) is 0 Å². The predicted octanol–water partition coefficient (Wildman–Crippen LogP) is 2.44. The maximum absolute atomic E-state index is 11.2. The molecule has 0 aliphatic rings. The first-order valence-electron chi connectivity index (χ1n) is 5.12. The van der Waals surface area contributed by atoms with E-state index in [0.29, 0.717) is 0 Å². The van der Waals surface area contributed by atoms with Crippen molar-refractivity contribution in [3.05, 3.63) is 21.8 Å². The summed E-state index contributed by atoms with van der Waals surface area (Å²) < 4.78 is 12.3. The first kappa shape index (κ1) is 13.8. The molecule has 0 aliphatic carbocycles. The fourth-order valence-corrected chi connectivity index (χ4v) is 2.43. The van der Waals surface area contributed by atoms with E-state index in [1.807, 2.05) is 25.1 Å². The second-order valence-corrected chi connectivity index (χ2v) is 6.73. The number of rotatable bonds is 5. The van der Waals surface area contributed by atoms with E-state index < -0.39 is 10.8 Å². The molecule has 0 bridgehead atoms. The van der Waals surface area contributed by atoms with Gasteiger partial charge in [-0.1, -0.05) is 6.92 Å². The largest absolute Gasteiger partial charge is 0.399 e. The molecule has 0 saturated heterocycles. The summed E-state index contributed by atoms with van der Waals surface area (Å²) in [6.07, 6.45) is 2.65. The van der Waals surface area contributed by atoms with Gasteiger partial charge in [-0.05, 0) is 47.2 Å². The zero-order chi connectivity index (χ0) is 12.1. The summed E-state index contributed by atoms with van der Waals surface area (Å²) in [6.45, 7) is 2.84. The summed E-state index contributed by atoms with van der Waals surface area (Å²) in [4.78, 5) is 0. The molecule has 1 aromatic rings. The van der Waals surface area contributed by atoms with Crippen LogP contribution in [0, 0.1) is 3.57 Å². The van der Waals surface area contributed by atoms with E-state index in [4.69, 9.17) is 5.73 Å². The molecule has 90 valence electrons. The number of nitrogens with two attached hydrogens (primary N) is 1. The fraction of sp³-hybridized carbons (Fsp3) is 0.455. The van der Waals surface area contributed by atoms with Gasteiger partial charge in [-0.25, -0.2) is 0 Å². The van der Waals surface area contributed by atoms with Crippen LogP contribution in [0.3, 0.4) is 0 Å². The molecule has 0 aliphatic heterocycles. The standard InChI is InChI=1S/C11H17IN2OS/c1-8(16(2)15)5-6-14-11-4-3-9(13)7-10(11)12/h3-4,7-8,14H,5-6,13H2,1-2H3. The summed E-state index contributed by atoms with van der Waals surface area (Å²) in [5.41, 5.74) is 7.53. The van der Waals surface area contributed by atoms with Crippen molar-refractivity contribution in [1.82, 2.24) is 0 Å². The van der Waals surface area contributed by atoms with Crippen molar-refractivity contribution in [3.8, 4) is 0 Å². The molecule has 1 rings (SSSR count). The van der Waals surface area contributed by atoms with Gasteiger partial charge in [-0.3, -0.25) is 4.21 Å². The number of hydrogen-bond acceptors (Lipinski definition) is 3. The molecule has 0 aromatic heterocycles. The second-order valence-electron chi connectivity index (χ2n) is 3.76. The van der Waals surface area contributed by atoms with E-state index in [2.05, 4.69) is 27.9 Å². The van der Waals surface area contributed by atoms with Crippen LogP contribution in [-0.4, -0.2) is 22.3 Å². The van der Waals surface area contributed by atoms with Gasteiger partial charge >= 0.3 is 0 Å². The average molecular weight is 352 g/mol. The fourth-order valence-electron chi connectivity index (χ4n) is 1.25. The molecule has 2 unspecified atom stereocenters. The van der Waals surface area contributed by atoms with Gasteiger partial charge < -0.3 is 11.1 Å². The first-order chi connectivity index (χ1) is 7.50. The van der Waals surface area contributed by atoms with E-state index in [9.17, 15) is 4.21 Å². The summed E-state index contributed by atoms with van der Waals surface area (Å²) in [6, 6.07) is 5.79. The van der Waals surface area contributed by atoms with E-state index in [0.717, 1.165) is 27.9 Å². The molecule has 5 heteroatoms. The summed E-state index contributed by atoms with van der Waals surface area (Å²) in [7, 11) is -0.739. The molecular weight excluding hydrogens is 335 g/mol. The van der Waals surface area contributed by atoms with Gasteiger partial charge in [0, 0.05) is 43.8 Å². The van der Waals surface area contributed by atoms with Crippen molar-refractivity contribution < 1.29 is 4.21 Å². The van der Waals surface area contributed by atoms with E-state index in [1.54, 1.807) is 6.26 Å². The number of nitrogen functional groups attached to an aromatic ring is 1. The molecule has 0 fully saturated rings. The Kier molecular flexibility index (Phi) is 5.54. The summed E-state index contributed by atoms with van der Waals surface area (Å²) in [5.74, 6) is 0. The summed E-state index contributed by atoms with van der Waals surface area (Å²) in [5, 5.41) is 3.56. The maximum Gasteiger partial charge on any atom is 0.0477 e. The normalized spacial score (nSPS) is 14.4. The van der Waals surface area contributed by atoms with Gasteiger partial charge in [0.1, 0.15) is 0 Å². The van der Waals surface area contributed by atoms with Gasteiger partial charge in [-0.2, -0.15) is 0 Å². The van der Waals surface area contributed by atoms with Crippen LogP contribution < -0.4 is 11.1 Å². The van der Waals surface area contributed by atoms with Crippen LogP contribution in [0.2, 0.25) is 0 Å². The quantitative estimate of drug-likeness (QED) is 0.632. The highest BCUT2D eigenvalue weighted by atomic mass is 127. The Labute approximate surface area is 113 Å². The number of anilines is 2. The average Bonchev–Trinajstić information content (AvgIpc) is 2.20. The van der Waals surface area contributed by atoms with Gasteiger partial charge in [0.2, 0.25) is 0 Å². The number of halogens is 1. The van der Waals surface area contributed by atoms with E-state index >= 15 is 0 Å². The van der Waals surface area contributed by atoms with Crippen molar-refractivity contribution in [2.75, 3.05) is 23.9 Å². The number of nitrogens with one attached hydrogen (secondary N) is 1. The number of hydrogen-bond donors (Lipinski definition) is 2. The third-order valence-corrected chi connectivity index (χ3v) is 4.69. The lowest BCUT2D eigenvalue weighted by Crippen LogP contribution is -2.15. The molecule has 2 atom stereocenters. The third kappa shape index (κ3) is 4.29. The molecule has 3 nitrogen and oxygen atoms in total. The van der Waals surface area contributed by atoms with Gasteiger partial charge in [-0.15, -0.1) is 0 Å². The van der Waals surface area contributed by atoms with Crippen molar-refractivity contribution >= 4 is 44.8 Å². The monoisotopic (exact) mass is 352 g/mol. The zero-order valence-corrected chi connectivity index (χ0v) is 12.5. The Morgan fingerprint density at radius 2 is 2.25 bits per heavy atom. The molecule has 0 radical (unpaired) electrons. The molecule has 16 heavy (non-hydrogen) atoms. The van der Waals surface area contributed by atoms with Crippen LogP contribution in [0.25, 0.3) is 0 Å². The van der Waals surface area contributed by atoms with Crippen LogP contribution in [0.1, 0.15) is 13.3 Å². The molecule has 0 heterocycles. The lowest BCUT2D eigenvalue weighted by atomic mass is 10.2. The molecule has 0 amide bonds. The Morgan fingerprint density at radius 1 is 1.56 bits per heavy atom. The molecule has 0 spiro atoms. The molecule has 0 saturated carbocycles. The Morgan fingerprint density at radius 3 is 2.81 bits per heavy atom. The Bertz CT molecular complexity index is 384. The van der Waals surface area contributed by atoms with E-state index in [-0.39, 0.29) is 5.25 Å². The van der Waals surface area contributed by atoms with E-state index in [1.165, 1.54) is 0 Å². The highest BCUT2D eigenvalue weighted by Gasteiger charge is 2.06. The van der Waals surface area contributed by atoms with Crippen LogP contribution in [0.15, 0.2) is 18.2 Å². The van der Waals surface area contributed by atoms with Crippen molar-refractivity contribution in [2.24, 2.45) is 0 Å². The lowest BCUT2D eigenvalue weighted by Gasteiger charge is -2.11. The Hall–Kier alpha value is -0.300.